The average molecular weight is 492 g/mol. The lowest BCUT2D eigenvalue weighted by atomic mass is 10.1. The molecule has 0 spiro atoms. The monoisotopic (exact) mass is 491 g/mol. The predicted molar refractivity (Wildman–Crippen MR) is 126 cm³/mol. The van der Waals surface area contributed by atoms with Crippen molar-refractivity contribution in [1.29, 1.82) is 0 Å². The van der Waals surface area contributed by atoms with Crippen molar-refractivity contribution in [3.8, 4) is 10.4 Å². The smallest absolute Gasteiger partial charge is 0.268 e. The Bertz CT molecular complexity index is 1090. The molecule has 1 aromatic heterocycles. The summed E-state index contributed by atoms with van der Waals surface area (Å²) in [4.78, 5) is 15.8. The molecule has 33 heavy (non-hydrogen) atoms. The number of nitrogens with zero attached hydrogens (tertiary/aromatic N) is 3. The molecule has 8 nitrogen and oxygen atoms in total. The first-order valence-corrected chi connectivity index (χ1v) is 13.3. The third kappa shape index (κ3) is 5.53. The number of allylic oxidation sites excluding steroid dienone is 1. The first-order valence-electron chi connectivity index (χ1n) is 11.0. The van der Waals surface area contributed by atoms with Gasteiger partial charge in [0.1, 0.15) is 10.3 Å². The van der Waals surface area contributed by atoms with Gasteiger partial charge in [0.2, 0.25) is 0 Å². The highest BCUT2D eigenvalue weighted by molar-refractivity contribution is 7.91. The molecule has 10 heteroatoms. The van der Waals surface area contributed by atoms with Gasteiger partial charge in [-0.05, 0) is 37.5 Å². The fourth-order valence-corrected chi connectivity index (χ4v) is 7.05. The summed E-state index contributed by atoms with van der Waals surface area (Å²) in [5.74, 6) is -0.635. The van der Waals surface area contributed by atoms with E-state index in [0.717, 1.165) is 29.1 Å². The van der Waals surface area contributed by atoms with Crippen LogP contribution < -0.4 is 0 Å². The number of morpholine rings is 1. The van der Waals surface area contributed by atoms with Crippen molar-refractivity contribution < 1.29 is 23.2 Å². The van der Waals surface area contributed by atoms with Crippen LogP contribution in [-0.4, -0.2) is 79.2 Å². The molecule has 1 fully saturated rings. The standard InChI is InChI=1S/C23H29N3O5S2/c1-18-5-7-19(8-6-18)21-9-10-22(32-21)33(29,30)26(13-12-24-14-16-31-17-15-24)20-4-2-3-11-25(28)23(20)27/h3,5-11,20,28H,2,4,12-17H2,1H3. The Morgan fingerprint density at radius 1 is 1.15 bits per heavy atom. The molecule has 3 heterocycles. The van der Waals surface area contributed by atoms with E-state index in [9.17, 15) is 18.4 Å². The molecule has 0 saturated carbocycles. The lowest BCUT2D eigenvalue weighted by Gasteiger charge is -2.33. The zero-order valence-corrected chi connectivity index (χ0v) is 20.2. The van der Waals surface area contributed by atoms with Gasteiger partial charge in [-0.3, -0.25) is 14.9 Å². The predicted octanol–water partition coefficient (Wildman–Crippen LogP) is 2.94. The van der Waals surface area contributed by atoms with Crippen LogP contribution in [0.1, 0.15) is 18.4 Å². The zero-order valence-electron chi connectivity index (χ0n) is 18.6. The number of hydrogen-bond donors (Lipinski definition) is 1. The number of aryl methyl sites for hydroxylation is 1. The minimum absolute atomic E-state index is 0.157. The lowest BCUT2D eigenvalue weighted by Crippen LogP contribution is -2.51. The molecule has 1 atom stereocenters. The van der Waals surface area contributed by atoms with Crippen LogP contribution >= 0.6 is 11.3 Å². The molecule has 0 bridgehead atoms. The van der Waals surface area contributed by atoms with Crippen molar-refractivity contribution in [2.75, 3.05) is 39.4 Å². The van der Waals surface area contributed by atoms with Gasteiger partial charge in [0.05, 0.1) is 13.2 Å². The van der Waals surface area contributed by atoms with E-state index < -0.39 is 22.0 Å². The summed E-state index contributed by atoms with van der Waals surface area (Å²) in [6.07, 6.45) is 3.77. The van der Waals surface area contributed by atoms with E-state index in [4.69, 9.17) is 4.74 Å². The third-order valence-corrected chi connectivity index (χ3v) is 9.44. The number of thiophene rings is 1. The number of hydrogen-bond acceptors (Lipinski definition) is 7. The Hall–Kier alpha value is -2.08. The number of benzene rings is 1. The molecule has 2 aliphatic rings. The van der Waals surface area contributed by atoms with Crippen molar-refractivity contribution >= 4 is 27.3 Å². The summed E-state index contributed by atoms with van der Waals surface area (Å²) in [7, 11) is -3.96. The van der Waals surface area contributed by atoms with Crippen LogP contribution in [0.25, 0.3) is 10.4 Å². The van der Waals surface area contributed by atoms with Crippen molar-refractivity contribution in [1.82, 2.24) is 14.3 Å². The van der Waals surface area contributed by atoms with Gasteiger partial charge in [-0.1, -0.05) is 35.9 Å². The summed E-state index contributed by atoms with van der Waals surface area (Å²) in [5, 5.41) is 10.6. The minimum atomic E-state index is -3.96. The van der Waals surface area contributed by atoms with E-state index in [1.54, 1.807) is 18.2 Å². The van der Waals surface area contributed by atoms with Gasteiger partial charge in [-0.25, -0.2) is 8.42 Å². The van der Waals surface area contributed by atoms with Crippen LogP contribution in [0.4, 0.5) is 0 Å². The topological polar surface area (TPSA) is 90.4 Å². The van der Waals surface area contributed by atoms with E-state index in [1.165, 1.54) is 21.8 Å². The molecular weight excluding hydrogens is 462 g/mol. The summed E-state index contributed by atoms with van der Waals surface area (Å²) in [6, 6.07) is 10.4. The molecule has 1 aromatic carbocycles. The first-order chi connectivity index (χ1) is 15.9. The number of hydroxylamine groups is 2. The van der Waals surface area contributed by atoms with Gasteiger partial charge in [-0.2, -0.15) is 9.37 Å². The maximum absolute atomic E-state index is 13.8. The number of amides is 1. The highest BCUT2D eigenvalue weighted by atomic mass is 32.2. The van der Waals surface area contributed by atoms with Crippen LogP contribution in [0.15, 0.2) is 52.9 Å². The normalized spacial score (nSPS) is 20.4. The number of ether oxygens (including phenoxy) is 1. The number of carbonyl (C=O) groups excluding carboxylic acids is 1. The van der Waals surface area contributed by atoms with Gasteiger partial charge >= 0.3 is 0 Å². The van der Waals surface area contributed by atoms with Crippen molar-refractivity contribution in [3.63, 3.8) is 0 Å². The van der Waals surface area contributed by atoms with Crippen LogP contribution in [0, 0.1) is 6.92 Å². The molecule has 2 aromatic rings. The Morgan fingerprint density at radius 3 is 2.61 bits per heavy atom. The van der Waals surface area contributed by atoms with Crippen LogP contribution in [0.2, 0.25) is 0 Å². The van der Waals surface area contributed by atoms with E-state index in [2.05, 4.69) is 4.90 Å². The molecule has 178 valence electrons. The van der Waals surface area contributed by atoms with E-state index in [1.807, 2.05) is 31.2 Å². The number of carbonyl (C=O) groups is 1. The van der Waals surface area contributed by atoms with E-state index in [-0.39, 0.29) is 10.8 Å². The highest BCUT2D eigenvalue weighted by Crippen LogP contribution is 2.34. The summed E-state index contributed by atoms with van der Waals surface area (Å²) >= 11 is 1.19. The Morgan fingerprint density at radius 2 is 1.88 bits per heavy atom. The molecule has 1 N–H and O–H groups in total. The highest BCUT2D eigenvalue weighted by Gasteiger charge is 2.39. The Balaban J connectivity index is 1.63. The second-order valence-corrected chi connectivity index (χ2v) is 11.4. The minimum Gasteiger partial charge on any atom is -0.379 e. The zero-order chi connectivity index (χ0) is 23.4. The molecule has 0 radical (unpaired) electrons. The molecule has 1 unspecified atom stereocenters. The van der Waals surface area contributed by atoms with Crippen molar-refractivity contribution in [2.45, 2.75) is 30.0 Å². The molecule has 1 amide bonds. The van der Waals surface area contributed by atoms with E-state index in [0.29, 0.717) is 37.7 Å². The van der Waals surface area contributed by atoms with E-state index >= 15 is 0 Å². The quantitative estimate of drug-likeness (QED) is 0.599. The van der Waals surface area contributed by atoms with Crippen LogP contribution in [0.5, 0.6) is 0 Å². The maximum atomic E-state index is 13.8. The van der Waals surface area contributed by atoms with Crippen molar-refractivity contribution in [2.24, 2.45) is 0 Å². The summed E-state index contributed by atoms with van der Waals surface area (Å²) in [5.41, 5.74) is 2.08. The van der Waals surface area contributed by atoms with Crippen LogP contribution in [-0.2, 0) is 19.6 Å². The largest absolute Gasteiger partial charge is 0.379 e. The second kappa shape index (κ2) is 10.5. The molecular formula is C23H29N3O5S2. The second-order valence-electron chi connectivity index (χ2n) is 8.22. The maximum Gasteiger partial charge on any atom is 0.268 e. The Labute approximate surface area is 198 Å². The fraction of sp³-hybridized carbons (Fsp3) is 0.435. The number of rotatable bonds is 7. The number of sulfonamides is 1. The third-order valence-electron chi connectivity index (χ3n) is 5.93. The Kier molecular flexibility index (Phi) is 7.62. The summed E-state index contributed by atoms with van der Waals surface area (Å²) in [6.45, 7) is 5.30. The fourth-order valence-electron chi connectivity index (χ4n) is 4.00. The first kappa shape index (κ1) is 24.1. The molecule has 1 saturated heterocycles. The van der Waals surface area contributed by atoms with Gasteiger partial charge in [0.15, 0.2) is 0 Å². The summed E-state index contributed by atoms with van der Waals surface area (Å²) < 4.78 is 34.4. The lowest BCUT2D eigenvalue weighted by molar-refractivity contribution is -0.158. The van der Waals surface area contributed by atoms with Crippen molar-refractivity contribution in [3.05, 3.63) is 54.2 Å². The molecule has 4 rings (SSSR count). The van der Waals surface area contributed by atoms with Gasteiger partial charge in [-0.15, -0.1) is 11.3 Å². The van der Waals surface area contributed by atoms with Gasteiger partial charge in [0.25, 0.3) is 15.9 Å². The molecule has 0 aliphatic carbocycles. The SMILES string of the molecule is Cc1ccc(-c2ccc(S(=O)(=O)N(CCN3CCOCC3)C3CCC=CN(O)C3=O)s2)cc1. The van der Waals surface area contributed by atoms with Gasteiger partial charge in [0, 0.05) is 37.3 Å². The molecule has 2 aliphatic heterocycles. The van der Waals surface area contributed by atoms with Crippen LogP contribution in [0.3, 0.4) is 0 Å². The average Bonchev–Trinajstić information content (AvgIpc) is 3.26. The van der Waals surface area contributed by atoms with Gasteiger partial charge < -0.3 is 4.74 Å².